The number of rotatable bonds is 3. The number of ether oxygens (including phenoxy) is 1. The molecular weight excluding hydrogens is 304 g/mol. The third-order valence-electron chi connectivity index (χ3n) is 5.01. The highest BCUT2D eigenvalue weighted by atomic mass is 16.5. The highest BCUT2D eigenvalue weighted by Crippen LogP contribution is 2.43. The molecule has 2 aliphatic rings. The Hall–Kier alpha value is -2.63. The molecule has 1 atom stereocenters. The van der Waals surface area contributed by atoms with Crippen LogP contribution in [0.4, 0.5) is 11.5 Å². The van der Waals surface area contributed by atoms with Crippen molar-refractivity contribution in [2.24, 2.45) is 5.41 Å². The highest BCUT2D eigenvalue weighted by Gasteiger charge is 2.48. The van der Waals surface area contributed by atoms with Gasteiger partial charge in [-0.15, -0.1) is 0 Å². The van der Waals surface area contributed by atoms with Crippen LogP contribution in [-0.4, -0.2) is 42.6 Å². The van der Waals surface area contributed by atoms with Gasteiger partial charge in [-0.25, -0.2) is 9.97 Å². The van der Waals surface area contributed by atoms with Gasteiger partial charge in [0.05, 0.1) is 7.11 Å². The molecule has 0 bridgehead atoms. The second-order valence-corrected chi connectivity index (χ2v) is 6.60. The molecule has 124 valence electrons. The van der Waals surface area contributed by atoms with Gasteiger partial charge < -0.3 is 14.5 Å². The highest BCUT2D eigenvalue weighted by molar-refractivity contribution is 5.96. The first-order valence-corrected chi connectivity index (χ1v) is 8.15. The van der Waals surface area contributed by atoms with Crippen molar-refractivity contribution in [3.63, 3.8) is 0 Å². The minimum atomic E-state index is 0.00507. The van der Waals surface area contributed by atoms with Crippen molar-refractivity contribution in [1.82, 2.24) is 9.97 Å². The van der Waals surface area contributed by atoms with Crippen LogP contribution in [0.3, 0.4) is 0 Å². The zero-order valence-electron chi connectivity index (χ0n) is 13.7. The minimum absolute atomic E-state index is 0.00507. The zero-order valence-corrected chi connectivity index (χ0v) is 13.7. The molecule has 6 heteroatoms. The van der Waals surface area contributed by atoms with Crippen LogP contribution in [0.15, 0.2) is 42.9 Å². The van der Waals surface area contributed by atoms with Crippen LogP contribution in [0.5, 0.6) is 5.75 Å². The molecule has 2 saturated heterocycles. The van der Waals surface area contributed by atoms with Crippen molar-refractivity contribution < 1.29 is 9.53 Å². The van der Waals surface area contributed by atoms with Crippen molar-refractivity contribution >= 4 is 17.4 Å². The Kier molecular flexibility index (Phi) is 3.59. The normalized spacial score (nSPS) is 23.3. The van der Waals surface area contributed by atoms with Crippen LogP contribution < -0.4 is 14.5 Å². The van der Waals surface area contributed by atoms with E-state index in [0.29, 0.717) is 6.42 Å². The summed E-state index contributed by atoms with van der Waals surface area (Å²) in [5.74, 6) is 1.90. The molecule has 24 heavy (non-hydrogen) atoms. The summed E-state index contributed by atoms with van der Waals surface area (Å²) in [6.07, 6.45) is 4.92. The van der Waals surface area contributed by atoms with Gasteiger partial charge in [0.1, 0.15) is 17.9 Å². The molecule has 0 N–H and O–H groups in total. The molecule has 0 aliphatic carbocycles. The van der Waals surface area contributed by atoms with Gasteiger partial charge in [0.2, 0.25) is 5.91 Å². The molecule has 2 aromatic rings. The SMILES string of the molecule is COc1cccc(N2C[C@]3(CCN(c4ccncn4)C3)CC2=O)c1. The summed E-state index contributed by atoms with van der Waals surface area (Å²) < 4.78 is 5.28. The summed E-state index contributed by atoms with van der Waals surface area (Å²) in [5.41, 5.74) is 0.919. The van der Waals surface area contributed by atoms with E-state index in [1.807, 2.05) is 35.2 Å². The predicted octanol–water partition coefficient (Wildman–Crippen LogP) is 2.12. The average Bonchev–Trinajstić information content (AvgIpc) is 3.19. The molecule has 1 amide bonds. The van der Waals surface area contributed by atoms with Gasteiger partial charge in [-0.05, 0) is 24.6 Å². The third-order valence-corrected chi connectivity index (χ3v) is 5.01. The first kappa shape index (κ1) is 14.9. The molecule has 0 radical (unpaired) electrons. The summed E-state index contributed by atoms with van der Waals surface area (Å²) in [7, 11) is 1.64. The number of anilines is 2. The van der Waals surface area contributed by atoms with Crippen molar-refractivity contribution in [3.8, 4) is 5.75 Å². The van der Waals surface area contributed by atoms with Crippen LogP contribution in [-0.2, 0) is 4.79 Å². The molecule has 1 spiro atoms. The summed E-state index contributed by atoms with van der Waals surface area (Å²) in [6, 6.07) is 9.64. The summed E-state index contributed by atoms with van der Waals surface area (Å²) in [5, 5.41) is 0. The van der Waals surface area contributed by atoms with Gasteiger partial charge >= 0.3 is 0 Å². The van der Waals surface area contributed by atoms with Gasteiger partial charge in [-0.1, -0.05) is 6.07 Å². The third kappa shape index (κ3) is 2.58. The van der Waals surface area contributed by atoms with Crippen LogP contribution >= 0.6 is 0 Å². The fraction of sp³-hybridized carbons (Fsp3) is 0.389. The van der Waals surface area contributed by atoms with Crippen LogP contribution in [0.2, 0.25) is 0 Å². The second-order valence-electron chi connectivity index (χ2n) is 6.60. The lowest BCUT2D eigenvalue weighted by molar-refractivity contribution is -0.117. The minimum Gasteiger partial charge on any atom is -0.497 e. The molecule has 6 nitrogen and oxygen atoms in total. The maximum atomic E-state index is 12.6. The quantitative estimate of drug-likeness (QED) is 0.865. The number of benzene rings is 1. The molecular formula is C18H20N4O2. The number of nitrogens with zero attached hydrogens (tertiary/aromatic N) is 4. The lowest BCUT2D eigenvalue weighted by atomic mass is 9.86. The van der Waals surface area contributed by atoms with Gasteiger partial charge in [-0.2, -0.15) is 0 Å². The fourth-order valence-electron chi connectivity index (χ4n) is 3.78. The lowest BCUT2D eigenvalue weighted by Crippen LogP contribution is -2.31. The standard InChI is InChI=1S/C18H20N4O2/c1-24-15-4-2-3-14(9-15)22-12-18(10-17(22)23)6-8-21(11-18)16-5-7-19-13-20-16/h2-5,7,9,13H,6,8,10-12H2,1H3/t18-/m1/s1. The van der Waals surface area contributed by atoms with E-state index in [2.05, 4.69) is 14.9 Å². The second kappa shape index (κ2) is 5.78. The van der Waals surface area contributed by atoms with Crippen molar-refractivity contribution in [2.75, 3.05) is 36.5 Å². The molecule has 1 aromatic heterocycles. The molecule has 0 unspecified atom stereocenters. The Morgan fingerprint density at radius 1 is 1.25 bits per heavy atom. The first-order valence-electron chi connectivity index (χ1n) is 8.15. The molecule has 2 aliphatic heterocycles. The van der Waals surface area contributed by atoms with Crippen LogP contribution in [0.25, 0.3) is 0 Å². The Bertz CT molecular complexity index is 752. The molecule has 4 rings (SSSR count). The van der Waals surface area contributed by atoms with E-state index in [-0.39, 0.29) is 11.3 Å². The van der Waals surface area contributed by atoms with E-state index >= 15 is 0 Å². The number of aromatic nitrogens is 2. The van der Waals surface area contributed by atoms with Crippen LogP contribution in [0, 0.1) is 5.41 Å². The lowest BCUT2D eigenvalue weighted by Gasteiger charge is -2.24. The molecule has 1 aromatic carbocycles. The average molecular weight is 324 g/mol. The summed E-state index contributed by atoms with van der Waals surface area (Å²) >= 11 is 0. The van der Waals surface area contributed by atoms with E-state index in [1.54, 1.807) is 19.6 Å². The molecule has 3 heterocycles. The Morgan fingerprint density at radius 2 is 2.17 bits per heavy atom. The number of amides is 1. The summed E-state index contributed by atoms with van der Waals surface area (Å²) in [4.78, 5) is 25.1. The number of hydrogen-bond acceptors (Lipinski definition) is 5. The van der Waals surface area contributed by atoms with Gasteiger partial charge in [0, 0.05) is 49.4 Å². The fourth-order valence-corrected chi connectivity index (χ4v) is 3.78. The van der Waals surface area contributed by atoms with Crippen molar-refractivity contribution in [2.45, 2.75) is 12.8 Å². The Labute approximate surface area is 141 Å². The maximum Gasteiger partial charge on any atom is 0.227 e. The van der Waals surface area contributed by atoms with Gasteiger partial charge in [0.25, 0.3) is 0 Å². The van der Waals surface area contributed by atoms with E-state index in [1.165, 1.54) is 0 Å². The van der Waals surface area contributed by atoms with E-state index in [4.69, 9.17) is 4.74 Å². The molecule has 2 fully saturated rings. The van der Waals surface area contributed by atoms with E-state index in [9.17, 15) is 4.79 Å². The monoisotopic (exact) mass is 324 g/mol. The van der Waals surface area contributed by atoms with Crippen LogP contribution in [0.1, 0.15) is 12.8 Å². The Morgan fingerprint density at radius 3 is 2.96 bits per heavy atom. The topological polar surface area (TPSA) is 58.6 Å². The number of hydrogen-bond donors (Lipinski definition) is 0. The number of carbonyl (C=O) groups is 1. The first-order chi connectivity index (χ1) is 11.7. The van der Waals surface area contributed by atoms with E-state index in [0.717, 1.165) is 43.3 Å². The largest absolute Gasteiger partial charge is 0.497 e. The van der Waals surface area contributed by atoms with Crippen molar-refractivity contribution in [1.29, 1.82) is 0 Å². The molecule has 0 saturated carbocycles. The zero-order chi connectivity index (χ0) is 16.6. The number of methoxy groups -OCH3 is 1. The van der Waals surface area contributed by atoms with Gasteiger partial charge in [-0.3, -0.25) is 4.79 Å². The Balaban J connectivity index is 1.54. The van der Waals surface area contributed by atoms with Crippen molar-refractivity contribution in [3.05, 3.63) is 42.9 Å². The number of carbonyl (C=O) groups excluding carboxylic acids is 1. The maximum absolute atomic E-state index is 12.6. The van der Waals surface area contributed by atoms with Gasteiger partial charge in [0.15, 0.2) is 0 Å². The smallest absolute Gasteiger partial charge is 0.227 e. The predicted molar refractivity (Wildman–Crippen MR) is 91.3 cm³/mol. The summed E-state index contributed by atoms with van der Waals surface area (Å²) in [6.45, 7) is 2.53. The van der Waals surface area contributed by atoms with E-state index < -0.39 is 0 Å².